The molecule has 0 bridgehead atoms. The fraction of sp³-hybridized carbons (Fsp3) is 0.385. The van der Waals surface area contributed by atoms with E-state index in [0.717, 1.165) is 41.0 Å². The zero-order chi connectivity index (χ0) is 14.7. The Hall–Kier alpha value is -1.93. The summed E-state index contributed by atoms with van der Waals surface area (Å²) in [5.74, 6) is 0. The molecule has 3 heterocycles. The van der Waals surface area contributed by atoms with E-state index in [1.165, 1.54) is 11.8 Å². The van der Waals surface area contributed by atoms with Gasteiger partial charge in [-0.1, -0.05) is 13.0 Å². The average molecular weight is 303 g/mol. The molecular weight excluding hydrogens is 286 g/mol. The number of pyridine rings is 1. The van der Waals surface area contributed by atoms with Crippen LogP contribution in [0.4, 0.5) is 0 Å². The minimum Gasteiger partial charge on any atom is -0.311 e. The van der Waals surface area contributed by atoms with E-state index in [2.05, 4.69) is 37.2 Å². The molecule has 7 nitrogen and oxygen atoms in total. The fourth-order valence-corrected chi connectivity index (χ4v) is 2.89. The van der Waals surface area contributed by atoms with Gasteiger partial charge in [-0.25, -0.2) is 9.67 Å². The Morgan fingerprint density at radius 2 is 2.24 bits per heavy atom. The molecule has 3 rings (SSSR count). The third-order valence-corrected chi connectivity index (χ3v) is 4.13. The van der Waals surface area contributed by atoms with Gasteiger partial charge in [-0.2, -0.15) is 0 Å². The van der Waals surface area contributed by atoms with Crippen LogP contribution in [0.25, 0.3) is 5.65 Å². The lowest BCUT2D eigenvalue weighted by Gasteiger charge is -2.05. The van der Waals surface area contributed by atoms with Gasteiger partial charge in [0.1, 0.15) is 10.7 Å². The third-order valence-electron chi connectivity index (χ3n) is 3.08. The standard InChI is InChI=1S/C13H17N7S/c1-3-7-14-9-10-12(21-13-16-17-18-19(13)2)15-11-6-4-5-8-20(10)11/h4-6,8,14H,3,7,9H2,1-2H3. The van der Waals surface area contributed by atoms with Crippen molar-refractivity contribution in [1.82, 2.24) is 34.9 Å². The fourth-order valence-electron chi connectivity index (χ4n) is 2.05. The molecule has 0 spiro atoms. The molecule has 0 saturated carbocycles. The molecule has 1 N–H and O–H groups in total. The summed E-state index contributed by atoms with van der Waals surface area (Å²) in [6, 6.07) is 6.00. The van der Waals surface area contributed by atoms with E-state index in [4.69, 9.17) is 0 Å². The van der Waals surface area contributed by atoms with Gasteiger partial charge in [-0.3, -0.25) is 0 Å². The number of aromatic nitrogens is 6. The summed E-state index contributed by atoms with van der Waals surface area (Å²) in [6.45, 7) is 3.91. The van der Waals surface area contributed by atoms with Crippen LogP contribution < -0.4 is 5.32 Å². The van der Waals surface area contributed by atoms with E-state index in [9.17, 15) is 0 Å². The number of hydrogen-bond donors (Lipinski definition) is 1. The van der Waals surface area contributed by atoms with E-state index >= 15 is 0 Å². The van der Waals surface area contributed by atoms with Gasteiger partial charge in [0.15, 0.2) is 0 Å². The van der Waals surface area contributed by atoms with Gasteiger partial charge in [0.05, 0.1) is 5.69 Å². The molecule has 21 heavy (non-hydrogen) atoms. The van der Waals surface area contributed by atoms with Gasteiger partial charge >= 0.3 is 0 Å². The van der Waals surface area contributed by atoms with Gasteiger partial charge in [0.25, 0.3) is 0 Å². The number of aryl methyl sites for hydroxylation is 1. The number of imidazole rings is 1. The highest BCUT2D eigenvalue weighted by Gasteiger charge is 2.15. The normalized spacial score (nSPS) is 11.3. The molecule has 0 amide bonds. The van der Waals surface area contributed by atoms with E-state index in [0.29, 0.717) is 0 Å². The molecule has 0 atom stereocenters. The second-order valence-electron chi connectivity index (χ2n) is 4.66. The summed E-state index contributed by atoms with van der Waals surface area (Å²) in [7, 11) is 1.83. The summed E-state index contributed by atoms with van der Waals surface area (Å²) < 4.78 is 3.76. The molecule has 0 radical (unpaired) electrons. The highest BCUT2D eigenvalue weighted by atomic mass is 32.2. The topological polar surface area (TPSA) is 72.9 Å². The summed E-state index contributed by atoms with van der Waals surface area (Å²) in [5, 5.41) is 16.6. The molecule has 110 valence electrons. The number of tetrazole rings is 1. The van der Waals surface area contributed by atoms with E-state index in [1.54, 1.807) is 4.68 Å². The molecule has 3 aromatic rings. The van der Waals surface area contributed by atoms with Crippen LogP contribution in [-0.4, -0.2) is 36.1 Å². The molecule has 0 aliphatic rings. The summed E-state index contributed by atoms with van der Waals surface area (Å²) in [6.07, 6.45) is 3.14. The predicted molar refractivity (Wildman–Crippen MR) is 80.1 cm³/mol. The highest BCUT2D eigenvalue weighted by molar-refractivity contribution is 7.99. The van der Waals surface area contributed by atoms with E-state index < -0.39 is 0 Å². The Balaban J connectivity index is 1.95. The number of nitrogens with one attached hydrogen (secondary N) is 1. The van der Waals surface area contributed by atoms with Crippen molar-refractivity contribution in [2.24, 2.45) is 7.05 Å². The molecule has 0 saturated heterocycles. The van der Waals surface area contributed by atoms with Crippen molar-refractivity contribution in [3.63, 3.8) is 0 Å². The highest BCUT2D eigenvalue weighted by Crippen LogP contribution is 2.28. The minimum absolute atomic E-state index is 0.732. The molecule has 0 aliphatic heterocycles. The predicted octanol–water partition coefficient (Wildman–Crippen LogP) is 1.51. The first kappa shape index (κ1) is 14.0. The summed E-state index contributed by atoms with van der Waals surface area (Å²) in [5.41, 5.74) is 2.07. The smallest absolute Gasteiger partial charge is 0.215 e. The summed E-state index contributed by atoms with van der Waals surface area (Å²) in [4.78, 5) is 4.68. The molecule has 3 aromatic heterocycles. The lowest BCUT2D eigenvalue weighted by atomic mass is 10.4. The van der Waals surface area contributed by atoms with E-state index in [1.807, 2.05) is 31.4 Å². The average Bonchev–Trinajstić information content (AvgIpc) is 3.04. The number of rotatable bonds is 6. The first-order chi connectivity index (χ1) is 10.3. The summed E-state index contributed by atoms with van der Waals surface area (Å²) >= 11 is 1.49. The van der Waals surface area contributed by atoms with Gasteiger partial charge < -0.3 is 9.72 Å². The second kappa shape index (κ2) is 6.23. The van der Waals surface area contributed by atoms with Crippen molar-refractivity contribution < 1.29 is 0 Å². The van der Waals surface area contributed by atoms with Crippen LogP contribution in [0.2, 0.25) is 0 Å². The van der Waals surface area contributed by atoms with Crippen LogP contribution in [0.1, 0.15) is 19.0 Å². The first-order valence-corrected chi connectivity index (χ1v) is 7.68. The quantitative estimate of drug-likeness (QED) is 0.696. The Bertz CT molecular complexity index is 733. The van der Waals surface area contributed by atoms with Crippen molar-refractivity contribution in [1.29, 1.82) is 0 Å². The number of hydrogen-bond acceptors (Lipinski definition) is 6. The van der Waals surface area contributed by atoms with Gasteiger partial charge in [0, 0.05) is 19.8 Å². The van der Waals surface area contributed by atoms with Crippen molar-refractivity contribution in [2.75, 3.05) is 6.54 Å². The van der Waals surface area contributed by atoms with Gasteiger partial charge in [-0.15, -0.1) is 5.10 Å². The largest absolute Gasteiger partial charge is 0.311 e. The maximum absolute atomic E-state index is 4.68. The number of nitrogens with zero attached hydrogens (tertiary/aromatic N) is 6. The SMILES string of the molecule is CCCNCc1c(Sc2nnnn2C)nc2ccccn12. The molecule has 8 heteroatoms. The maximum atomic E-state index is 4.68. The van der Waals surface area contributed by atoms with Crippen LogP contribution >= 0.6 is 11.8 Å². The van der Waals surface area contributed by atoms with Crippen molar-refractivity contribution in [2.45, 2.75) is 30.1 Å². The zero-order valence-electron chi connectivity index (χ0n) is 12.0. The first-order valence-electron chi connectivity index (χ1n) is 6.86. The second-order valence-corrected chi connectivity index (χ2v) is 5.61. The van der Waals surface area contributed by atoms with E-state index in [-0.39, 0.29) is 0 Å². The van der Waals surface area contributed by atoms with Crippen molar-refractivity contribution in [3.8, 4) is 0 Å². The molecule has 0 unspecified atom stereocenters. The maximum Gasteiger partial charge on any atom is 0.215 e. The lowest BCUT2D eigenvalue weighted by Crippen LogP contribution is -2.15. The molecule has 0 aromatic carbocycles. The zero-order valence-corrected chi connectivity index (χ0v) is 12.8. The van der Waals surface area contributed by atoms with Gasteiger partial charge in [-0.05, 0) is 47.3 Å². The van der Waals surface area contributed by atoms with Crippen molar-refractivity contribution >= 4 is 17.4 Å². The van der Waals surface area contributed by atoms with Crippen LogP contribution in [-0.2, 0) is 13.6 Å². The molecule has 0 fully saturated rings. The Labute approximate surface area is 126 Å². The van der Waals surface area contributed by atoms with Crippen LogP contribution in [0.3, 0.4) is 0 Å². The minimum atomic E-state index is 0.732. The van der Waals surface area contributed by atoms with Crippen molar-refractivity contribution in [3.05, 3.63) is 30.1 Å². The Kier molecular flexibility index (Phi) is 4.16. The van der Waals surface area contributed by atoms with Crippen LogP contribution in [0, 0.1) is 0 Å². The number of fused-ring (bicyclic) bond motifs is 1. The lowest BCUT2D eigenvalue weighted by molar-refractivity contribution is 0.650. The Morgan fingerprint density at radius 3 is 3.00 bits per heavy atom. The Morgan fingerprint density at radius 1 is 1.33 bits per heavy atom. The monoisotopic (exact) mass is 303 g/mol. The van der Waals surface area contributed by atoms with Crippen LogP contribution in [0.15, 0.2) is 34.6 Å². The third kappa shape index (κ3) is 2.91. The van der Waals surface area contributed by atoms with Crippen LogP contribution in [0.5, 0.6) is 0 Å². The molecule has 0 aliphatic carbocycles. The molecular formula is C13H17N7S. The van der Waals surface area contributed by atoms with Gasteiger partial charge in [0.2, 0.25) is 5.16 Å².